The largest absolute Gasteiger partial charge is 0.472 e. The number of aliphatic hydroxyl groups is 5. The third kappa shape index (κ3) is 27.1. The SMILES string of the molecule is CCCC/C=C\CCCCCCCC(=O)O[C@H](COC(=O)CCCCCCCCCCCCCCCCCCC)COP(=O)(O)OC1C(O)C(O)C(O)[C@@H](O)C1O. The lowest BCUT2D eigenvalue weighted by molar-refractivity contribution is -0.220. The highest BCUT2D eigenvalue weighted by atomic mass is 31.2. The molecule has 6 N–H and O–H groups in total. The van der Waals surface area contributed by atoms with Crippen LogP contribution >= 0.6 is 7.82 Å². The molecule has 0 bridgehead atoms. The summed E-state index contributed by atoms with van der Waals surface area (Å²) in [4.78, 5) is 35.6. The van der Waals surface area contributed by atoms with E-state index in [1.54, 1.807) is 0 Å². The minimum Gasteiger partial charge on any atom is -0.462 e. The molecule has 6 unspecified atom stereocenters. The lowest BCUT2D eigenvalue weighted by atomic mass is 9.85. The summed E-state index contributed by atoms with van der Waals surface area (Å²) >= 11 is 0. The van der Waals surface area contributed by atoms with Gasteiger partial charge in [-0.1, -0.05) is 161 Å². The number of hydrogen-bond donors (Lipinski definition) is 6. The molecule has 14 heteroatoms. The van der Waals surface area contributed by atoms with Crippen LogP contribution in [0.5, 0.6) is 0 Å². The first-order valence-corrected chi connectivity index (χ1v) is 24.0. The number of rotatable bonds is 37. The van der Waals surface area contributed by atoms with Crippen molar-refractivity contribution in [1.82, 2.24) is 0 Å². The first-order valence-electron chi connectivity index (χ1n) is 22.5. The number of phosphoric ester groups is 1. The number of aliphatic hydroxyl groups excluding tert-OH is 5. The summed E-state index contributed by atoms with van der Waals surface area (Å²) in [6.07, 6.45) is 21.4. The van der Waals surface area contributed by atoms with Crippen LogP contribution in [0.4, 0.5) is 0 Å². The van der Waals surface area contributed by atoms with E-state index in [4.69, 9.17) is 18.5 Å². The fraction of sp³-hybridized carbons (Fsp3) is 0.907. The van der Waals surface area contributed by atoms with Gasteiger partial charge in [-0.2, -0.15) is 0 Å². The molecule has 0 aromatic rings. The molecule has 1 aliphatic rings. The van der Waals surface area contributed by atoms with Crippen molar-refractivity contribution in [2.75, 3.05) is 13.2 Å². The van der Waals surface area contributed by atoms with E-state index in [0.717, 1.165) is 57.8 Å². The Bertz CT molecular complexity index is 1060. The molecule has 13 nitrogen and oxygen atoms in total. The number of ether oxygens (including phenoxy) is 2. The predicted molar refractivity (Wildman–Crippen MR) is 221 cm³/mol. The second-order valence-electron chi connectivity index (χ2n) is 15.9. The van der Waals surface area contributed by atoms with Gasteiger partial charge in [0, 0.05) is 12.8 Å². The van der Waals surface area contributed by atoms with Crippen molar-refractivity contribution in [3.05, 3.63) is 12.2 Å². The quantitative estimate of drug-likeness (QED) is 0.0151. The van der Waals surface area contributed by atoms with Gasteiger partial charge in [-0.15, -0.1) is 0 Å². The van der Waals surface area contributed by atoms with Crippen molar-refractivity contribution in [1.29, 1.82) is 0 Å². The normalized spacial score (nSPS) is 22.7. The molecule has 0 heterocycles. The fourth-order valence-corrected chi connectivity index (χ4v) is 7.89. The first kappa shape index (κ1) is 53.6. The topological polar surface area (TPSA) is 210 Å². The van der Waals surface area contributed by atoms with E-state index in [9.17, 15) is 44.6 Å². The maximum Gasteiger partial charge on any atom is 0.472 e. The maximum atomic E-state index is 12.8. The minimum atomic E-state index is -5.11. The molecular formula is C43H81O13P. The average Bonchev–Trinajstić information content (AvgIpc) is 3.19. The Morgan fingerprint density at radius 2 is 0.912 bits per heavy atom. The van der Waals surface area contributed by atoms with E-state index in [1.165, 1.54) is 96.3 Å². The molecule has 57 heavy (non-hydrogen) atoms. The van der Waals surface area contributed by atoms with Crippen molar-refractivity contribution in [2.45, 2.75) is 236 Å². The Morgan fingerprint density at radius 1 is 0.526 bits per heavy atom. The summed E-state index contributed by atoms with van der Waals surface area (Å²) in [5, 5.41) is 50.0. The first-order chi connectivity index (χ1) is 27.4. The highest BCUT2D eigenvalue weighted by Gasteiger charge is 2.51. The molecule has 336 valence electrons. The molecule has 1 fully saturated rings. The predicted octanol–water partition coefficient (Wildman–Crippen LogP) is 8.28. The zero-order valence-corrected chi connectivity index (χ0v) is 36.3. The van der Waals surface area contributed by atoms with Crippen LogP contribution in [0.3, 0.4) is 0 Å². The maximum absolute atomic E-state index is 12.8. The second-order valence-corrected chi connectivity index (χ2v) is 17.3. The number of carbonyl (C=O) groups is 2. The summed E-state index contributed by atoms with van der Waals surface area (Å²) in [5.41, 5.74) is 0. The molecule has 8 atom stereocenters. The van der Waals surface area contributed by atoms with Gasteiger partial charge in [-0.25, -0.2) is 4.57 Å². The van der Waals surface area contributed by atoms with Crippen LogP contribution in [0.1, 0.15) is 194 Å². The zero-order valence-electron chi connectivity index (χ0n) is 35.4. The van der Waals surface area contributed by atoms with Gasteiger partial charge in [-0.05, 0) is 32.1 Å². The Kier molecular flexibility index (Phi) is 32.3. The summed E-state index contributed by atoms with van der Waals surface area (Å²) in [5.74, 6) is -1.10. The Balaban J connectivity index is 2.44. The molecule has 1 saturated carbocycles. The zero-order chi connectivity index (χ0) is 42.2. The summed E-state index contributed by atoms with van der Waals surface area (Å²) in [6.45, 7) is 3.25. The van der Waals surface area contributed by atoms with Crippen LogP contribution in [-0.2, 0) is 32.7 Å². The summed E-state index contributed by atoms with van der Waals surface area (Å²) in [6, 6.07) is 0. The van der Waals surface area contributed by atoms with Crippen molar-refractivity contribution >= 4 is 19.8 Å². The van der Waals surface area contributed by atoms with Gasteiger partial charge in [-0.3, -0.25) is 18.6 Å². The lowest BCUT2D eigenvalue weighted by Crippen LogP contribution is -2.64. The standard InChI is InChI=1S/C43H81O13P/c1-3-5-7-9-11-13-15-16-17-18-19-20-22-23-25-27-29-31-36(44)53-33-35(55-37(45)32-30-28-26-24-21-14-12-10-8-6-4-2)34-54-57(51,52)56-43-41(49)39(47)38(46)40(48)42(43)50/h10,12,35,38-43,46-50H,3-9,11,13-34H2,1-2H3,(H,51,52)/b12-10-/t35-,38?,39-,40?,41?,42?,43?/m1/s1. The minimum absolute atomic E-state index is 0.0898. The number of allylic oxidation sites excluding steroid dienone is 2. The average molecular weight is 837 g/mol. The Hall–Kier alpha value is -1.41. The molecule has 0 spiro atoms. The third-order valence-electron chi connectivity index (χ3n) is 10.6. The molecule has 0 amide bonds. The molecule has 0 radical (unpaired) electrons. The van der Waals surface area contributed by atoms with Gasteiger partial charge in [0.05, 0.1) is 6.61 Å². The Morgan fingerprint density at radius 3 is 1.39 bits per heavy atom. The number of unbranched alkanes of at least 4 members (excludes halogenated alkanes) is 23. The lowest BCUT2D eigenvalue weighted by Gasteiger charge is -2.41. The van der Waals surface area contributed by atoms with Crippen LogP contribution in [0, 0.1) is 0 Å². The molecule has 1 aliphatic carbocycles. The summed E-state index contributed by atoms with van der Waals surface area (Å²) < 4.78 is 33.4. The van der Waals surface area contributed by atoms with Gasteiger partial charge in [0.15, 0.2) is 6.10 Å². The van der Waals surface area contributed by atoms with Gasteiger partial charge in [0.1, 0.15) is 43.2 Å². The van der Waals surface area contributed by atoms with Crippen molar-refractivity contribution in [3.63, 3.8) is 0 Å². The van der Waals surface area contributed by atoms with Crippen LogP contribution in [0.2, 0.25) is 0 Å². The van der Waals surface area contributed by atoms with E-state index in [2.05, 4.69) is 26.0 Å². The van der Waals surface area contributed by atoms with E-state index in [0.29, 0.717) is 12.8 Å². The van der Waals surface area contributed by atoms with E-state index >= 15 is 0 Å². The van der Waals surface area contributed by atoms with Gasteiger partial charge >= 0.3 is 19.8 Å². The van der Waals surface area contributed by atoms with Crippen molar-refractivity contribution in [2.24, 2.45) is 0 Å². The molecular weight excluding hydrogens is 755 g/mol. The second kappa shape index (κ2) is 34.3. The molecule has 1 rings (SSSR count). The van der Waals surface area contributed by atoms with Crippen LogP contribution in [-0.4, -0.2) is 98.3 Å². The van der Waals surface area contributed by atoms with Crippen LogP contribution in [0.25, 0.3) is 0 Å². The Labute approximate surface area is 343 Å². The number of carbonyl (C=O) groups excluding carboxylic acids is 2. The third-order valence-corrected chi connectivity index (χ3v) is 11.6. The van der Waals surface area contributed by atoms with E-state index in [1.807, 2.05) is 0 Å². The monoisotopic (exact) mass is 837 g/mol. The highest BCUT2D eigenvalue weighted by molar-refractivity contribution is 7.47. The molecule has 0 saturated heterocycles. The van der Waals surface area contributed by atoms with Crippen LogP contribution < -0.4 is 0 Å². The van der Waals surface area contributed by atoms with E-state index in [-0.39, 0.29) is 12.8 Å². The summed E-state index contributed by atoms with van der Waals surface area (Å²) in [7, 11) is -5.11. The fourth-order valence-electron chi connectivity index (χ4n) is 6.92. The number of hydrogen-bond acceptors (Lipinski definition) is 12. The molecule has 0 aromatic heterocycles. The van der Waals surface area contributed by atoms with Crippen LogP contribution in [0.15, 0.2) is 12.2 Å². The van der Waals surface area contributed by atoms with Gasteiger partial charge in [0.25, 0.3) is 0 Å². The highest BCUT2D eigenvalue weighted by Crippen LogP contribution is 2.47. The molecule has 0 aromatic carbocycles. The van der Waals surface area contributed by atoms with Gasteiger partial charge in [0.2, 0.25) is 0 Å². The van der Waals surface area contributed by atoms with E-state index < -0.39 is 75.7 Å². The van der Waals surface area contributed by atoms with Crippen molar-refractivity contribution < 1.29 is 63.1 Å². The van der Waals surface area contributed by atoms with Gasteiger partial charge < -0.3 is 39.9 Å². The smallest absolute Gasteiger partial charge is 0.462 e. The number of esters is 2. The number of phosphoric acid groups is 1. The molecule has 0 aliphatic heterocycles. The van der Waals surface area contributed by atoms with Crippen molar-refractivity contribution in [3.8, 4) is 0 Å².